The van der Waals surface area contributed by atoms with E-state index in [4.69, 9.17) is 9.47 Å². The molecule has 0 unspecified atom stereocenters. The van der Waals surface area contributed by atoms with Gasteiger partial charge < -0.3 is 9.47 Å². The Morgan fingerprint density at radius 3 is 1.61 bits per heavy atom. The number of hydrogen-bond donors (Lipinski definition) is 0. The van der Waals surface area contributed by atoms with Gasteiger partial charge in [0.25, 0.3) is 11.8 Å². The molecule has 0 N–H and O–H groups in total. The molecule has 6 nitrogen and oxygen atoms in total. The SMILES string of the molecule is COc1ccc(CN(Cc2ccc(OC)cc2)SCCN2C(=O)c3ccccc3C2=O)cc1. The minimum Gasteiger partial charge on any atom is -0.497 e. The van der Waals surface area contributed by atoms with E-state index in [0.29, 0.717) is 36.5 Å². The first-order valence-electron chi connectivity index (χ1n) is 10.7. The zero-order valence-corrected chi connectivity index (χ0v) is 19.5. The molecular formula is C26H26N2O4S. The Balaban J connectivity index is 1.42. The maximum Gasteiger partial charge on any atom is 0.261 e. The molecular weight excluding hydrogens is 436 g/mol. The molecule has 1 heterocycles. The summed E-state index contributed by atoms with van der Waals surface area (Å²) in [5, 5.41) is 0. The highest BCUT2D eigenvalue weighted by molar-refractivity contribution is 7.97. The molecule has 0 radical (unpaired) electrons. The first-order valence-corrected chi connectivity index (χ1v) is 11.6. The number of hydrogen-bond acceptors (Lipinski definition) is 6. The van der Waals surface area contributed by atoms with Gasteiger partial charge in [-0.25, -0.2) is 4.31 Å². The van der Waals surface area contributed by atoms with Gasteiger partial charge in [0.15, 0.2) is 0 Å². The van der Waals surface area contributed by atoms with E-state index >= 15 is 0 Å². The van der Waals surface area contributed by atoms with E-state index in [-0.39, 0.29) is 11.8 Å². The molecule has 0 saturated heterocycles. The Labute approximate surface area is 198 Å². The van der Waals surface area contributed by atoms with Crippen LogP contribution in [0.15, 0.2) is 72.8 Å². The number of fused-ring (bicyclic) bond motifs is 1. The summed E-state index contributed by atoms with van der Waals surface area (Å²) in [6.07, 6.45) is 0. The summed E-state index contributed by atoms with van der Waals surface area (Å²) in [5.41, 5.74) is 3.27. The molecule has 0 aromatic heterocycles. The zero-order chi connectivity index (χ0) is 23.2. The zero-order valence-electron chi connectivity index (χ0n) is 18.7. The normalized spacial score (nSPS) is 12.9. The minimum atomic E-state index is -0.215. The number of rotatable bonds is 10. The van der Waals surface area contributed by atoms with Crippen molar-refractivity contribution in [2.45, 2.75) is 13.1 Å². The van der Waals surface area contributed by atoms with Crippen molar-refractivity contribution in [3.8, 4) is 11.5 Å². The van der Waals surface area contributed by atoms with Crippen molar-refractivity contribution in [1.29, 1.82) is 0 Å². The number of benzene rings is 3. The molecule has 0 fully saturated rings. The van der Waals surface area contributed by atoms with Crippen LogP contribution in [-0.4, -0.2) is 47.5 Å². The number of ether oxygens (including phenoxy) is 2. The van der Waals surface area contributed by atoms with Crippen LogP contribution in [0.5, 0.6) is 11.5 Å². The number of imide groups is 1. The Hall–Kier alpha value is -3.29. The van der Waals surface area contributed by atoms with Crippen molar-refractivity contribution in [1.82, 2.24) is 9.21 Å². The summed E-state index contributed by atoms with van der Waals surface area (Å²) in [4.78, 5) is 26.6. The third-order valence-corrected chi connectivity index (χ3v) is 6.49. The largest absolute Gasteiger partial charge is 0.497 e. The van der Waals surface area contributed by atoms with Crippen LogP contribution in [0.1, 0.15) is 31.8 Å². The molecule has 0 saturated carbocycles. The fraction of sp³-hybridized carbons (Fsp3) is 0.231. The molecule has 4 rings (SSSR count). The quantitative estimate of drug-likeness (QED) is 0.323. The van der Waals surface area contributed by atoms with Crippen LogP contribution in [0, 0.1) is 0 Å². The Bertz CT molecular complexity index is 1030. The number of carbonyl (C=O) groups is 2. The third kappa shape index (κ3) is 5.38. The Morgan fingerprint density at radius 2 is 1.18 bits per heavy atom. The van der Waals surface area contributed by atoms with Gasteiger partial charge in [0, 0.05) is 25.4 Å². The van der Waals surface area contributed by atoms with E-state index in [9.17, 15) is 9.59 Å². The average Bonchev–Trinajstić information content (AvgIpc) is 3.10. The predicted octanol–water partition coefficient (Wildman–Crippen LogP) is 4.65. The number of nitrogens with zero attached hydrogens (tertiary/aromatic N) is 2. The highest BCUT2D eigenvalue weighted by Gasteiger charge is 2.34. The van der Waals surface area contributed by atoms with Crippen molar-refractivity contribution in [3.63, 3.8) is 0 Å². The lowest BCUT2D eigenvalue weighted by molar-refractivity contribution is 0.0664. The van der Waals surface area contributed by atoms with E-state index in [2.05, 4.69) is 4.31 Å². The third-order valence-electron chi connectivity index (χ3n) is 5.50. The number of methoxy groups -OCH3 is 2. The summed E-state index contributed by atoms with van der Waals surface area (Å²) in [6, 6.07) is 23.0. The van der Waals surface area contributed by atoms with Gasteiger partial charge in [0.1, 0.15) is 11.5 Å². The van der Waals surface area contributed by atoms with Gasteiger partial charge in [-0.1, -0.05) is 48.3 Å². The second-order valence-electron chi connectivity index (χ2n) is 7.63. The van der Waals surface area contributed by atoms with E-state index in [0.717, 1.165) is 22.6 Å². The molecule has 3 aromatic rings. The fourth-order valence-electron chi connectivity index (χ4n) is 3.72. The average molecular weight is 463 g/mol. The molecule has 7 heteroatoms. The Kier molecular flexibility index (Phi) is 7.32. The molecule has 0 atom stereocenters. The van der Waals surface area contributed by atoms with Crippen LogP contribution in [0.4, 0.5) is 0 Å². The molecule has 0 bridgehead atoms. The first-order chi connectivity index (χ1) is 16.1. The van der Waals surface area contributed by atoms with Crippen molar-refractivity contribution in [2.75, 3.05) is 26.5 Å². The standard InChI is InChI=1S/C26H26N2O4S/c1-31-21-11-7-19(8-12-21)17-27(18-20-9-13-22(32-2)14-10-20)33-16-15-28-25(29)23-5-3-4-6-24(23)26(28)30/h3-14H,15-18H2,1-2H3. The first kappa shape index (κ1) is 22.9. The maximum atomic E-state index is 12.6. The van der Waals surface area contributed by atoms with E-state index in [1.54, 1.807) is 50.4 Å². The maximum absolute atomic E-state index is 12.6. The summed E-state index contributed by atoms with van der Waals surface area (Å²) in [5.74, 6) is 1.82. The summed E-state index contributed by atoms with van der Waals surface area (Å²) in [7, 11) is 3.31. The van der Waals surface area contributed by atoms with Crippen LogP contribution in [0.3, 0.4) is 0 Å². The lowest BCUT2D eigenvalue weighted by atomic mass is 10.1. The second-order valence-corrected chi connectivity index (χ2v) is 8.82. The highest BCUT2D eigenvalue weighted by Crippen LogP contribution is 2.25. The van der Waals surface area contributed by atoms with Crippen molar-refractivity contribution >= 4 is 23.8 Å². The van der Waals surface area contributed by atoms with Gasteiger partial charge in [-0.05, 0) is 47.5 Å². The van der Waals surface area contributed by atoms with Crippen LogP contribution in [0.25, 0.3) is 0 Å². The molecule has 1 aliphatic heterocycles. The van der Waals surface area contributed by atoms with Crippen LogP contribution in [-0.2, 0) is 13.1 Å². The van der Waals surface area contributed by atoms with Crippen LogP contribution < -0.4 is 9.47 Å². The van der Waals surface area contributed by atoms with E-state index in [1.165, 1.54) is 4.90 Å². The van der Waals surface area contributed by atoms with Gasteiger partial charge in [-0.3, -0.25) is 14.5 Å². The predicted molar refractivity (Wildman–Crippen MR) is 130 cm³/mol. The van der Waals surface area contributed by atoms with Gasteiger partial charge in [0.2, 0.25) is 0 Å². The molecule has 1 aliphatic rings. The second kappa shape index (κ2) is 10.6. The van der Waals surface area contributed by atoms with Crippen molar-refractivity contribution < 1.29 is 19.1 Å². The number of amides is 2. The summed E-state index contributed by atoms with van der Waals surface area (Å²) in [6.45, 7) is 1.78. The van der Waals surface area contributed by atoms with E-state index in [1.807, 2.05) is 48.5 Å². The van der Waals surface area contributed by atoms with Crippen molar-refractivity contribution in [3.05, 3.63) is 95.1 Å². The molecule has 0 aliphatic carbocycles. The number of carbonyl (C=O) groups excluding carboxylic acids is 2. The van der Waals surface area contributed by atoms with Gasteiger partial charge >= 0.3 is 0 Å². The van der Waals surface area contributed by atoms with Gasteiger partial charge in [-0.2, -0.15) is 0 Å². The van der Waals surface area contributed by atoms with Crippen LogP contribution in [0.2, 0.25) is 0 Å². The van der Waals surface area contributed by atoms with Crippen molar-refractivity contribution in [2.24, 2.45) is 0 Å². The van der Waals surface area contributed by atoms with Gasteiger partial charge in [-0.15, -0.1) is 0 Å². The molecule has 0 spiro atoms. The minimum absolute atomic E-state index is 0.215. The Morgan fingerprint density at radius 1 is 0.727 bits per heavy atom. The monoisotopic (exact) mass is 462 g/mol. The lowest BCUT2D eigenvalue weighted by Gasteiger charge is -2.23. The van der Waals surface area contributed by atoms with Crippen LogP contribution >= 0.6 is 11.9 Å². The van der Waals surface area contributed by atoms with E-state index < -0.39 is 0 Å². The fourth-order valence-corrected chi connectivity index (χ4v) is 4.72. The summed E-state index contributed by atoms with van der Waals surface area (Å²) >= 11 is 1.63. The summed E-state index contributed by atoms with van der Waals surface area (Å²) < 4.78 is 12.8. The lowest BCUT2D eigenvalue weighted by Crippen LogP contribution is -2.32. The van der Waals surface area contributed by atoms with Gasteiger partial charge in [0.05, 0.1) is 25.3 Å². The smallest absolute Gasteiger partial charge is 0.261 e. The molecule has 3 aromatic carbocycles. The highest BCUT2D eigenvalue weighted by atomic mass is 32.2. The topological polar surface area (TPSA) is 59.1 Å². The molecule has 170 valence electrons. The molecule has 33 heavy (non-hydrogen) atoms. The molecule has 2 amide bonds.